The maximum atomic E-state index is 11.8. The van der Waals surface area contributed by atoms with E-state index in [-0.39, 0.29) is 11.7 Å². The highest BCUT2D eigenvalue weighted by molar-refractivity contribution is 5.99. The maximum Gasteiger partial charge on any atom is 0.187 e. The van der Waals surface area contributed by atoms with Crippen LogP contribution in [0, 0.1) is 5.92 Å². The summed E-state index contributed by atoms with van der Waals surface area (Å²) in [6.45, 7) is 0. The van der Waals surface area contributed by atoms with Crippen molar-refractivity contribution in [2.24, 2.45) is 5.92 Å². The molecule has 2 nitrogen and oxygen atoms in total. The molecule has 1 fully saturated rings. The van der Waals surface area contributed by atoms with Gasteiger partial charge < -0.3 is 5.11 Å². The van der Waals surface area contributed by atoms with Gasteiger partial charge in [-0.1, -0.05) is 12.5 Å². The van der Waals surface area contributed by atoms with Gasteiger partial charge in [0, 0.05) is 0 Å². The van der Waals surface area contributed by atoms with Gasteiger partial charge in [0.2, 0.25) is 0 Å². The van der Waals surface area contributed by atoms with E-state index in [9.17, 15) is 9.90 Å². The van der Waals surface area contributed by atoms with Crippen LogP contribution in [0.25, 0.3) is 0 Å². The minimum absolute atomic E-state index is 0.00870. The lowest BCUT2D eigenvalue weighted by Crippen LogP contribution is -2.24. The zero-order valence-corrected chi connectivity index (χ0v) is 8.54. The normalized spacial score (nSPS) is 25.1. The van der Waals surface area contributed by atoms with Crippen LogP contribution in [0.1, 0.15) is 44.9 Å². The number of aliphatic hydroxyl groups is 1. The Morgan fingerprint density at radius 1 is 1.36 bits per heavy atom. The third-order valence-electron chi connectivity index (χ3n) is 3.19. The van der Waals surface area contributed by atoms with Gasteiger partial charge in [0.1, 0.15) is 6.10 Å². The molecule has 0 saturated heterocycles. The van der Waals surface area contributed by atoms with E-state index in [1.54, 1.807) is 0 Å². The molecule has 78 valence electrons. The second kappa shape index (κ2) is 4.26. The molecule has 0 bridgehead atoms. The summed E-state index contributed by atoms with van der Waals surface area (Å²) in [6.07, 6.45) is 8.81. The second-order valence-electron chi connectivity index (χ2n) is 4.48. The third kappa shape index (κ3) is 2.24. The molecule has 2 aliphatic carbocycles. The van der Waals surface area contributed by atoms with Crippen LogP contribution >= 0.6 is 0 Å². The molecule has 0 aliphatic heterocycles. The van der Waals surface area contributed by atoms with E-state index in [1.165, 1.54) is 12.8 Å². The molecule has 0 aromatic heterocycles. The summed E-state index contributed by atoms with van der Waals surface area (Å²) >= 11 is 0. The molecule has 2 aliphatic rings. The van der Waals surface area contributed by atoms with Crippen LogP contribution in [-0.4, -0.2) is 17.0 Å². The van der Waals surface area contributed by atoms with Crippen molar-refractivity contribution in [3.05, 3.63) is 11.6 Å². The maximum absolute atomic E-state index is 11.8. The van der Waals surface area contributed by atoms with Crippen LogP contribution in [0.3, 0.4) is 0 Å². The van der Waals surface area contributed by atoms with Gasteiger partial charge in [0.05, 0.1) is 0 Å². The van der Waals surface area contributed by atoms with Gasteiger partial charge in [-0.25, -0.2) is 0 Å². The summed E-state index contributed by atoms with van der Waals surface area (Å²) in [5.74, 6) is 0.279. The molecule has 1 atom stereocenters. The minimum atomic E-state index is -0.695. The summed E-state index contributed by atoms with van der Waals surface area (Å²) in [6, 6.07) is 0. The lowest BCUT2D eigenvalue weighted by Gasteiger charge is -2.10. The molecule has 0 amide bonds. The minimum Gasteiger partial charge on any atom is -0.385 e. The fraction of sp³-hybridized carbons (Fsp3) is 0.750. The molecule has 0 aromatic carbocycles. The lowest BCUT2D eigenvalue weighted by atomic mass is 9.99. The highest BCUT2D eigenvalue weighted by Gasteiger charge is 2.35. The summed E-state index contributed by atoms with van der Waals surface area (Å²) in [4.78, 5) is 11.8. The molecular weight excluding hydrogens is 176 g/mol. The van der Waals surface area contributed by atoms with Crippen molar-refractivity contribution in [2.75, 3.05) is 0 Å². The average molecular weight is 194 g/mol. The van der Waals surface area contributed by atoms with Gasteiger partial charge in [-0.3, -0.25) is 4.79 Å². The number of Topliss-reactive ketones (excluding diaryl/α,β-unsaturated/α-hetero) is 1. The first kappa shape index (κ1) is 9.91. The van der Waals surface area contributed by atoms with Crippen molar-refractivity contribution in [3.63, 3.8) is 0 Å². The number of carbonyl (C=O) groups excluding carboxylic acids is 1. The standard InChI is InChI=1S/C12H18O2/c13-11(12(14)10-7-8-10)9-5-3-1-2-4-6-9/h5,10,12,14H,1-4,6-8H2. The molecule has 0 spiro atoms. The Labute approximate surface area is 85.0 Å². The summed E-state index contributed by atoms with van der Waals surface area (Å²) < 4.78 is 0. The van der Waals surface area contributed by atoms with Crippen LogP contribution in [0.5, 0.6) is 0 Å². The van der Waals surface area contributed by atoms with Crippen LogP contribution < -0.4 is 0 Å². The highest BCUT2D eigenvalue weighted by Crippen LogP contribution is 2.34. The molecule has 0 radical (unpaired) electrons. The molecule has 14 heavy (non-hydrogen) atoms. The first-order valence-corrected chi connectivity index (χ1v) is 5.70. The van der Waals surface area contributed by atoms with E-state index < -0.39 is 6.10 Å². The molecule has 0 aromatic rings. The highest BCUT2D eigenvalue weighted by atomic mass is 16.3. The van der Waals surface area contributed by atoms with E-state index in [1.807, 2.05) is 6.08 Å². The number of hydrogen-bond acceptors (Lipinski definition) is 2. The fourth-order valence-electron chi connectivity index (χ4n) is 2.05. The van der Waals surface area contributed by atoms with Crippen molar-refractivity contribution in [2.45, 2.75) is 51.0 Å². The van der Waals surface area contributed by atoms with Gasteiger partial charge in [-0.15, -0.1) is 0 Å². The van der Waals surface area contributed by atoms with Gasteiger partial charge in [0.25, 0.3) is 0 Å². The van der Waals surface area contributed by atoms with Crippen LogP contribution in [-0.2, 0) is 4.79 Å². The van der Waals surface area contributed by atoms with E-state index in [4.69, 9.17) is 0 Å². The zero-order valence-electron chi connectivity index (χ0n) is 8.54. The predicted molar refractivity (Wildman–Crippen MR) is 54.9 cm³/mol. The zero-order chi connectivity index (χ0) is 9.97. The first-order valence-electron chi connectivity index (χ1n) is 5.70. The number of carbonyl (C=O) groups is 1. The van der Waals surface area contributed by atoms with Gasteiger partial charge in [-0.2, -0.15) is 0 Å². The molecular formula is C12H18O2. The Bertz CT molecular complexity index is 251. The van der Waals surface area contributed by atoms with Crippen molar-refractivity contribution in [1.29, 1.82) is 0 Å². The van der Waals surface area contributed by atoms with Crippen LogP contribution in [0.2, 0.25) is 0 Å². The van der Waals surface area contributed by atoms with Gasteiger partial charge in [0.15, 0.2) is 5.78 Å². The Morgan fingerprint density at radius 2 is 2.14 bits per heavy atom. The van der Waals surface area contributed by atoms with E-state index in [0.717, 1.165) is 37.7 Å². The van der Waals surface area contributed by atoms with Crippen molar-refractivity contribution in [1.82, 2.24) is 0 Å². The SMILES string of the molecule is O=C(C1=CCCCCC1)C(O)C1CC1. The van der Waals surface area contributed by atoms with Crippen LogP contribution in [0.15, 0.2) is 11.6 Å². The largest absolute Gasteiger partial charge is 0.385 e. The predicted octanol–water partition coefficient (Wildman–Crippen LogP) is 2.22. The number of allylic oxidation sites excluding steroid dienone is 1. The summed E-state index contributed by atoms with van der Waals surface area (Å²) in [5, 5.41) is 9.71. The number of hydrogen-bond donors (Lipinski definition) is 1. The average Bonchev–Trinajstić information content (AvgIpc) is 3.02. The molecule has 1 unspecified atom stereocenters. The Kier molecular flexibility index (Phi) is 3.02. The van der Waals surface area contributed by atoms with Crippen molar-refractivity contribution >= 4 is 5.78 Å². The van der Waals surface area contributed by atoms with Crippen LogP contribution in [0.4, 0.5) is 0 Å². The second-order valence-corrected chi connectivity index (χ2v) is 4.48. The Morgan fingerprint density at radius 3 is 2.86 bits per heavy atom. The molecule has 0 heterocycles. The number of ketones is 1. The molecule has 2 heteroatoms. The van der Waals surface area contributed by atoms with E-state index in [2.05, 4.69) is 0 Å². The summed E-state index contributed by atoms with van der Waals surface area (Å²) in [5.41, 5.74) is 0.891. The topological polar surface area (TPSA) is 37.3 Å². The van der Waals surface area contributed by atoms with Gasteiger partial charge in [-0.05, 0) is 50.0 Å². The quantitative estimate of drug-likeness (QED) is 0.748. The van der Waals surface area contributed by atoms with Crippen molar-refractivity contribution in [3.8, 4) is 0 Å². The fourth-order valence-corrected chi connectivity index (χ4v) is 2.05. The Balaban J connectivity index is 1.97. The Hall–Kier alpha value is -0.630. The molecule has 1 saturated carbocycles. The lowest BCUT2D eigenvalue weighted by molar-refractivity contribution is -0.124. The van der Waals surface area contributed by atoms with Gasteiger partial charge >= 0.3 is 0 Å². The smallest absolute Gasteiger partial charge is 0.187 e. The first-order chi connectivity index (χ1) is 6.79. The van der Waals surface area contributed by atoms with E-state index in [0.29, 0.717) is 0 Å². The molecule has 2 rings (SSSR count). The van der Waals surface area contributed by atoms with E-state index >= 15 is 0 Å². The van der Waals surface area contributed by atoms with Crippen molar-refractivity contribution < 1.29 is 9.90 Å². The molecule has 1 N–H and O–H groups in total. The number of aliphatic hydroxyl groups excluding tert-OH is 1. The summed E-state index contributed by atoms with van der Waals surface area (Å²) in [7, 11) is 0. The monoisotopic (exact) mass is 194 g/mol. The third-order valence-corrected chi connectivity index (χ3v) is 3.19. The number of rotatable bonds is 3.